The quantitative estimate of drug-likeness (QED) is 0.723. The van der Waals surface area contributed by atoms with Gasteiger partial charge in [-0.2, -0.15) is 0 Å². The van der Waals surface area contributed by atoms with Gasteiger partial charge in [-0.25, -0.2) is 0 Å². The molecule has 2 fully saturated rings. The van der Waals surface area contributed by atoms with E-state index >= 15 is 0 Å². The average Bonchev–Trinajstić information content (AvgIpc) is 2.80. The second-order valence-corrected chi connectivity index (χ2v) is 9.07. The van der Waals surface area contributed by atoms with Gasteiger partial charge >= 0.3 is 0 Å². The molecule has 2 aliphatic heterocycles. The van der Waals surface area contributed by atoms with Crippen LogP contribution in [-0.4, -0.2) is 80.3 Å². The van der Waals surface area contributed by atoms with Crippen LogP contribution in [0.3, 0.4) is 0 Å². The molecule has 6 heteroatoms. The predicted octanol–water partition coefficient (Wildman–Crippen LogP) is 2.85. The number of nitrogens with one attached hydrogen (secondary N) is 1. The van der Waals surface area contributed by atoms with Crippen LogP contribution in [0.15, 0.2) is 54.6 Å². The molecule has 2 heterocycles. The molecule has 2 saturated heterocycles. The summed E-state index contributed by atoms with van der Waals surface area (Å²) in [6, 6.07) is 18.6. The highest BCUT2D eigenvalue weighted by Gasteiger charge is 2.22. The zero-order valence-corrected chi connectivity index (χ0v) is 19.4. The molecule has 2 atom stereocenters. The molecule has 2 aromatic carbocycles. The van der Waals surface area contributed by atoms with E-state index in [1.54, 1.807) is 0 Å². The highest BCUT2D eigenvalue weighted by Crippen LogP contribution is 2.16. The van der Waals surface area contributed by atoms with Crippen LogP contribution in [0.2, 0.25) is 0 Å². The molecule has 4 rings (SSSR count). The van der Waals surface area contributed by atoms with Gasteiger partial charge in [0.15, 0.2) is 0 Å². The average molecular weight is 437 g/mol. The molecule has 0 aliphatic carbocycles. The number of hydrogen-bond donors (Lipinski definition) is 1. The number of amides is 1. The Kier molecular flexibility index (Phi) is 7.79. The van der Waals surface area contributed by atoms with Crippen LogP contribution in [0, 0.1) is 0 Å². The highest BCUT2D eigenvalue weighted by molar-refractivity contribution is 5.94. The van der Waals surface area contributed by atoms with Crippen molar-refractivity contribution in [3.63, 3.8) is 0 Å². The second kappa shape index (κ2) is 10.9. The summed E-state index contributed by atoms with van der Waals surface area (Å²) in [6.07, 6.45) is 0.537. The van der Waals surface area contributed by atoms with E-state index in [0.717, 1.165) is 57.9 Å². The van der Waals surface area contributed by atoms with E-state index in [-0.39, 0.29) is 18.1 Å². The van der Waals surface area contributed by atoms with E-state index in [0.29, 0.717) is 6.54 Å². The van der Waals surface area contributed by atoms with Crippen molar-refractivity contribution in [2.75, 3.05) is 57.3 Å². The molecule has 2 unspecified atom stereocenters. The van der Waals surface area contributed by atoms with Gasteiger partial charge in [0.2, 0.25) is 0 Å². The first kappa shape index (κ1) is 22.8. The van der Waals surface area contributed by atoms with Gasteiger partial charge in [-0.05, 0) is 43.7 Å². The number of carbonyl (C=O) groups is 1. The fourth-order valence-electron chi connectivity index (χ4n) is 4.73. The lowest BCUT2D eigenvalue weighted by Gasteiger charge is -2.36. The van der Waals surface area contributed by atoms with Gasteiger partial charge < -0.3 is 15.0 Å². The Morgan fingerprint density at radius 1 is 0.906 bits per heavy atom. The largest absolute Gasteiger partial charge is 0.373 e. The number of rotatable bonds is 7. The Morgan fingerprint density at radius 3 is 2.22 bits per heavy atom. The van der Waals surface area contributed by atoms with Crippen molar-refractivity contribution in [1.82, 2.24) is 15.1 Å². The molecule has 2 aromatic rings. The van der Waals surface area contributed by atoms with Crippen molar-refractivity contribution < 1.29 is 9.53 Å². The van der Waals surface area contributed by atoms with Crippen molar-refractivity contribution in [1.29, 1.82) is 0 Å². The molecule has 0 saturated carbocycles. The van der Waals surface area contributed by atoms with Crippen LogP contribution >= 0.6 is 0 Å². The third-order valence-corrected chi connectivity index (χ3v) is 6.32. The lowest BCUT2D eigenvalue weighted by molar-refractivity contribution is -0.0704. The minimum Gasteiger partial charge on any atom is -0.373 e. The lowest BCUT2D eigenvalue weighted by atomic mass is 10.1. The number of nitrogens with zero attached hydrogens (tertiary/aromatic N) is 3. The Hall–Kier alpha value is -2.41. The van der Waals surface area contributed by atoms with Gasteiger partial charge in [-0.3, -0.25) is 14.6 Å². The van der Waals surface area contributed by atoms with Crippen molar-refractivity contribution in [2.45, 2.75) is 32.6 Å². The number of hydrogen-bond acceptors (Lipinski definition) is 5. The summed E-state index contributed by atoms with van der Waals surface area (Å²) >= 11 is 0. The van der Waals surface area contributed by atoms with Gasteiger partial charge in [0.05, 0.1) is 12.2 Å². The first-order valence-electron chi connectivity index (χ1n) is 11.8. The minimum atomic E-state index is 0.00749. The maximum atomic E-state index is 12.5. The van der Waals surface area contributed by atoms with E-state index in [1.807, 2.05) is 12.1 Å². The Morgan fingerprint density at radius 2 is 1.56 bits per heavy atom. The van der Waals surface area contributed by atoms with Crippen LogP contribution in [0.5, 0.6) is 0 Å². The molecular formula is C26H36N4O2. The van der Waals surface area contributed by atoms with E-state index < -0.39 is 0 Å². The first-order chi connectivity index (χ1) is 15.6. The zero-order chi connectivity index (χ0) is 22.3. The summed E-state index contributed by atoms with van der Waals surface area (Å²) in [5.74, 6) is 0.00749. The lowest BCUT2D eigenvalue weighted by Crippen LogP contribution is -2.48. The number of anilines is 1. The zero-order valence-electron chi connectivity index (χ0n) is 19.4. The number of ether oxygens (including phenoxy) is 1. The molecule has 0 bridgehead atoms. The van der Waals surface area contributed by atoms with Crippen LogP contribution in [0.1, 0.15) is 29.8 Å². The van der Waals surface area contributed by atoms with Crippen LogP contribution in [0.4, 0.5) is 5.69 Å². The summed E-state index contributed by atoms with van der Waals surface area (Å²) in [7, 11) is 0. The number of carbonyl (C=O) groups excluding carboxylic acids is 1. The molecule has 2 aliphatic rings. The highest BCUT2D eigenvalue weighted by atomic mass is 16.5. The second-order valence-electron chi connectivity index (χ2n) is 9.07. The first-order valence-corrected chi connectivity index (χ1v) is 11.8. The Labute approximate surface area is 192 Å². The van der Waals surface area contributed by atoms with Crippen molar-refractivity contribution in [3.05, 3.63) is 65.7 Å². The van der Waals surface area contributed by atoms with Crippen LogP contribution < -0.4 is 10.2 Å². The number of morpholine rings is 1. The summed E-state index contributed by atoms with van der Waals surface area (Å²) in [4.78, 5) is 19.8. The summed E-state index contributed by atoms with van der Waals surface area (Å²) < 4.78 is 5.81. The van der Waals surface area contributed by atoms with Crippen LogP contribution in [-0.2, 0) is 11.3 Å². The minimum absolute atomic E-state index is 0.00749. The molecular weight excluding hydrogens is 400 g/mol. The topological polar surface area (TPSA) is 48.1 Å². The maximum Gasteiger partial charge on any atom is 0.251 e. The molecule has 1 N–H and O–H groups in total. The standard InChI is InChI=1S/C26H36N4O2/c1-21-18-29(19-22(2)32-21)20-23-8-10-24(11-9-23)26(31)27-12-13-28-14-16-30(17-15-28)25-6-4-3-5-7-25/h3-11,21-22H,12-20H2,1-2H3,(H,27,31). The van der Waals surface area contributed by atoms with E-state index in [1.165, 1.54) is 11.3 Å². The Balaban J connectivity index is 1.17. The summed E-state index contributed by atoms with van der Waals surface area (Å²) in [5, 5.41) is 3.08. The number of para-hydroxylation sites is 1. The number of benzene rings is 2. The molecule has 32 heavy (non-hydrogen) atoms. The van der Waals surface area contributed by atoms with Crippen molar-refractivity contribution >= 4 is 11.6 Å². The molecule has 1 amide bonds. The van der Waals surface area contributed by atoms with E-state index in [9.17, 15) is 4.79 Å². The van der Waals surface area contributed by atoms with Gasteiger partial charge in [0, 0.05) is 70.2 Å². The van der Waals surface area contributed by atoms with Crippen molar-refractivity contribution in [3.8, 4) is 0 Å². The monoisotopic (exact) mass is 436 g/mol. The van der Waals surface area contributed by atoms with E-state index in [2.05, 4.69) is 76.3 Å². The van der Waals surface area contributed by atoms with Gasteiger partial charge in [0.1, 0.15) is 0 Å². The molecule has 6 nitrogen and oxygen atoms in total. The fraction of sp³-hybridized carbons (Fsp3) is 0.500. The summed E-state index contributed by atoms with van der Waals surface area (Å²) in [5.41, 5.74) is 3.26. The third-order valence-electron chi connectivity index (χ3n) is 6.32. The molecule has 0 spiro atoms. The Bertz CT molecular complexity index is 840. The molecule has 172 valence electrons. The SMILES string of the molecule is CC1CN(Cc2ccc(C(=O)NCCN3CCN(c4ccccc4)CC3)cc2)CC(C)O1. The summed E-state index contributed by atoms with van der Waals surface area (Å²) in [6.45, 7) is 12.7. The maximum absolute atomic E-state index is 12.5. The molecule has 0 aromatic heterocycles. The smallest absolute Gasteiger partial charge is 0.251 e. The van der Waals surface area contributed by atoms with E-state index in [4.69, 9.17) is 4.74 Å². The number of piperazine rings is 1. The van der Waals surface area contributed by atoms with Crippen molar-refractivity contribution in [2.24, 2.45) is 0 Å². The third kappa shape index (κ3) is 6.31. The fourth-order valence-corrected chi connectivity index (χ4v) is 4.73. The predicted molar refractivity (Wildman–Crippen MR) is 129 cm³/mol. The molecule has 0 radical (unpaired) electrons. The van der Waals surface area contributed by atoms with Crippen LogP contribution in [0.25, 0.3) is 0 Å². The van der Waals surface area contributed by atoms with Gasteiger partial charge in [-0.1, -0.05) is 30.3 Å². The normalized spacial score (nSPS) is 22.6. The van der Waals surface area contributed by atoms with Gasteiger partial charge in [0.25, 0.3) is 5.91 Å². The van der Waals surface area contributed by atoms with Gasteiger partial charge in [-0.15, -0.1) is 0 Å².